The molecule has 11 aromatic rings. The third kappa shape index (κ3) is 6.71. The summed E-state index contributed by atoms with van der Waals surface area (Å²) in [6.45, 7) is 4.58. The molecule has 0 saturated heterocycles. The van der Waals surface area contributed by atoms with Crippen molar-refractivity contribution < 1.29 is 4.74 Å². The Kier molecular flexibility index (Phi) is 9.78. The molecule has 70 heavy (non-hydrogen) atoms. The summed E-state index contributed by atoms with van der Waals surface area (Å²) < 4.78 is 6.42. The normalized spacial score (nSPS) is 13.6. The molecule has 0 radical (unpaired) electrons. The van der Waals surface area contributed by atoms with E-state index in [1.807, 2.05) is 6.07 Å². The van der Waals surface area contributed by atoms with Crippen molar-refractivity contribution in [3.8, 4) is 56.0 Å². The molecule has 1 heterocycles. The summed E-state index contributed by atoms with van der Waals surface area (Å²) in [7, 11) is 0. The molecule has 11 aromatic carbocycles. The lowest BCUT2D eigenvalue weighted by Gasteiger charge is -2.34. The van der Waals surface area contributed by atoms with Gasteiger partial charge in [-0.1, -0.05) is 208 Å². The first-order chi connectivity index (χ1) is 34.4. The van der Waals surface area contributed by atoms with Crippen LogP contribution in [0.15, 0.2) is 261 Å². The van der Waals surface area contributed by atoms with Gasteiger partial charge >= 0.3 is 0 Å². The molecular formula is C68H49NO. The number of anilines is 3. The van der Waals surface area contributed by atoms with Crippen molar-refractivity contribution in [1.82, 2.24) is 0 Å². The van der Waals surface area contributed by atoms with Crippen LogP contribution in [0.4, 0.5) is 17.1 Å². The lowest BCUT2D eigenvalue weighted by atomic mass is 9.67. The van der Waals surface area contributed by atoms with E-state index in [1.165, 1.54) is 77.5 Å². The fraction of sp³-hybridized carbons (Fsp3) is 0.0588. The Morgan fingerprint density at radius 3 is 1.34 bits per heavy atom. The van der Waals surface area contributed by atoms with E-state index in [4.69, 9.17) is 4.74 Å². The Morgan fingerprint density at radius 2 is 0.729 bits per heavy atom. The van der Waals surface area contributed by atoms with Crippen LogP contribution >= 0.6 is 0 Å². The highest BCUT2D eigenvalue weighted by Crippen LogP contribution is 2.57. The van der Waals surface area contributed by atoms with Crippen LogP contribution < -0.4 is 9.64 Å². The van der Waals surface area contributed by atoms with Crippen molar-refractivity contribution in [3.05, 3.63) is 294 Å². The van der Waals surface area contributed by atoms with Gasteiger partial charge in [-0.3, -0.25) is 0 Å². The molecule has 0 amide bonds. The van der Waals surface area contributed by atoms with E-state index in [2.05, 4.69) is 274 Å². The third-order valence-corrected chi connectivity index (χ3v) is 15.0. The molecule has 2 heteroatoms. The maximum atomic E-state index is 6.42. The minimum absolute atomic E-state index is 0.195. The lowest BCUT2D eigenvalue weighted by molar-refractivity contribution is 0.418. The zero-order valence-electron chi connectivity index (χ0n) is 39.2. The molecule has 13 rings (SSSR count). The van der Waals surface area contributed by atoms with E-state index in [-0.39, 0.29) is 5.41 Å². The van der Waals surface area contributed by atoms with Gasteiger partial charge in [0.15, 0.2) is 0 Å². The van der Waals surface area contributed by atoms with Crippen LogP contribution in [0.2, 0.25) is 0 Å². The van der Waals surface area contributed by atoms with Crippen molar-refractivity contribution in [1.29, 1.82) is 0 Å². The summed E-state index contributed by atoms with van der Waals surface area (Å²) in [6.07, 6.45) is 0. The second-order valence-electron chi connectivity index (χ2n) is 19.3. The maximum absolute atomic E-state index is 6.42. The summed E-state index contributed by atoms with van der Waals surface area (Å²) in [5.41, 5.74) is 19.8. The van der Waals surface area contributed by atoms with Crippen molar-refractivity contribution in [2.24, 2.45) is 0 Å². The Morgan fingerprint density at radius 1 is 0.300 bits per heavy atom. The van der Waals surface area contributed by atoms with Crippen LogP contribution in [0.3, 0.4) is 0 Å². The Bertz CT molecular complexity index is 3700. The van der Waals surface area contributed by atoms with Crippen LogP contribution in [0, 0.1) is 0 Å². The number of hydrogen-bond acceptors (Lipinski definition) is 2. The van der Waals surface area contributed by atoms with Gasteiger partial charge in [-0.15, -0.1) is 0 Å². The number of benzene rings is 11. The van der Waals surface area contributed by atoms with Crippen LogP contribution in [-0.4, -0.2) is 0 Å². The molecule has 1 aliphatic heterocycles. The molecule has 0 bridgehead atoms. The molecule has 0 spiro atoms. The molecule has 2 aliphatic rings. The second kappa shape index (κ2) is 16.5. The molecule has 332 valence electrons. The highest BCUT2D eigenvalue weighted by atomic mass is 16.5. The Labute approximate surface area is 410 Å². The summed E-state index contributed by atoms with van der Waals surface area (Å²) >= 11 is 0. The van der Waals surface area contributed by atoms with E-state index < -0.39 is 5.41 Å². The molecule has 0 saturated carbocycles. The van der Waals surface area contributed by atoms with E-state index >= 15 is 0 Å². The van der Waals surface area contributed by atoms with E-state index in [0.29, 0.717) is 0 Å². The van der Waals surface area contributed by atoms with Crippen molar-refractivity contribution >= 4 is 27.8 Å². The van der Waals surface area contributed by atoms with Crippen LogP contribution in [0.25, 0.3) is 55.3 Å². The summed E-state index contributed by atoms with van der Waals surface area (Å²) in [4.78, 5) is 2.37. The molecule has 2 nitrogen and oxygen atoms in total. The molecule has 0 atom stereocenters. The minimum Gasteiger partial charge on any atom is -0.457 e. The number of hydrogen-bond donors (Lipinski definition) is 0. The molecule has 0 fully saturated rings. The second-order valence-corrected chi connectivity index (χ2v) is 19.3. The van der Waals surface area contributed by atoms with Gasteiger partial charge in [0.2, 0.25) is 0 Å². The van der Waals surface area contributed by atoms with E-state index in [0.717, 1.165) is 39.7 Å². The molecule has 1 aliphatic carbocycles. The summed E-state index contributed by atoms with van der Waals surface area (Å²) in [6, 6.07) is 95.5. The fourth-order valence-corrected chi connectivity index (χ4v) is 11.5. The van der Waals surface area contributed by atoms with Gasteiger partial charge in [-0.05, 0) is 144 Å². The number of para-hydroxylation sites is 1. The van der Waals surface area contributed by atoms with Crippen molar-refractivity contribution in [2.45, 2.75) is 24.7 Å². The summed E-state index contributed by atoms with van der Waals surface area (Å²) in [5, 5.41) is 2.49. The topological polar surface area (TPSA) is 12.5 Å². The average molecular weight is 896 g/mol. The first kappa shape index (κ1) is 41.5. The Hall–Kier alpha value is -8.72. The van der Waals surface area contributed by atoms with E-state index in [9.17, 15) is 0 Å². The maximum Gasteiger partial charge on any atom is 0.131 e. The first-order valence-corrected chi connectivity index (χ1v) is 24.3. The molecule has 0 aromatic heterocycles. The first-order valence-electron chi connectivity index (χ1n) is 24.3. The fourth-order valence-electron chi connectivity index (χ4n) is 11.5. The Balaban J connectivity index is 0.886. The van der Waals surface area contributed by atoms with Gasteiger partial charge in [-0.25, -0.2) is 0 Å². The number of ether oxygens (including phenoxy) is 1. The monoisotopic (exact) mass is 895 g/mol. The van der Waals surface area contributed by atoms with E-state index in [1.54, 1.807) is 0 Å². The van der Waals surface area contributed by atoms with Gasteiger partial charge < -0.3 is 9.64 Å². The average Bonchev–Trinajstić information content (AvgIpc) is 3.72. The highest BCUT2D eigenvalue weighted by molar-refractivity contribution is 5.90. The largest absolute Gasteiger partial charge is 0.457 e. The summed E-state index contributed by atoms with van der Waals surface area (Å²) in [5.74, 6) is 1.85. The lowest BCUT2D eigenvalue weighted by Crippen LogP contribution is -2.28. The number of rotatable bonds is 8. The number of fused-ring (bicyclic) bond motifs is 6. The smallest absolute Gasteiger partial charge is 0.131 e. The molecule has 0 N–H and O–H groups in total. The van der Waals surface area contributed by atoms with Crippen molar-refractivity contribution in [3.63, 3.8) is 0 Å². The van der Waals surface area contributed by atoms with Gasteiger partial charge in [-0.2, -0.15) is 0 Å². The third-order valence-electron chi connectivity index (χ3n) is 15.0. The predicted octanol–water partition coefficient (Wildman–Crippen LogP) is 18.1. The van der Waals surface area contributed by atoms with Crippen LogP contribution in [0.1, 0.15) is 47.2 Å². The zero-order valence-corrected chi connectivity index (χ0v) is 39.2. The molecular weight excluding hydrogens is 847 g/mol. The van der Waals surface area contributed by atoms with Gasteiger partial charge in [0.25, 0.3) is 0 Å². The standard InChI is InChI=1S/C68H49NO/c1-67(2)62-23-13-14-24-65(62)70-66-42-34-53(45-64(66)67)49-31-39-58(40-32-49)69(56-35-27-47(28-36-56)51-26-25-46-15-9-10-16-50(46)43-51)57-37-29-48(30-38-57)52-33-41-60-59-21-11-12-22-61(59)68(63(60)44-52,54-17-5-3-6-18-54)55-19-7-4-8-20-55/h3-45H,1-2H3. The van der Waals surface area contributed by atoms with Crippen molar-refractivity contribution in [2.75, 3.05) is 4.90 Å². The van der Waals surface area contributed by atoms with Crippen LogP contribution in [-0.2, 0) is 10.8 Å². The SMILES string of the molecule is CC1(C)c2ccccc2Oc2ccc(-c3ccc(N(c4ccc(-c5ccc6c(c5)C(c5ccccc5)(c5ccccc5)c5ccccc5-6)cc4)c4ccc(-c5ccc6ccccc6c5)cc4)cc3)cc21. The predicted molar refractivity (Wildman–Crippen MR) is 291 cm³/mol. The zero-order chi connectivity index (χ0) is 46.8. The van der Waals surface area contributed by atoms with Crippen LogP contribution in [0.5, 0.6) is 11.5 Å². The molecule has 0 unspecified atom stereocenters. The highest BCUT2D eigenvalue weighted by Gasteiger charge is 2.46. The van der Waals surface area contributed by atoms with Gasteiger partial charge in [0, 0.05) is 33.6 Å². The van der Waals surface area contributed by atoms with Gasteiger partial charge in [0.1, 0.15) is 11.5 Å². The minimum atomic E-state index is -0.457. The van der Waals surface area contributed by atoms with Gasteiger partial charge in [0.05, 0.1) is 5.41 Å². The number of nitrogens with zero attached hydrogens (tertiary/aromatic N) is 1. The quantitative estimate of drug-likeness (QED) is 0.151.